The summed E-state index contributed by atoms with van der Waals surface area (Å²) in [6, 6.07) is 3.73. The first kappa shape index (κ1) is 16.0. The molecule has 2 aromatic heterocycles. The molecular weight excluding hydrogens is 330 g/mol. The average Bonchev–Trinajstić information content (AvgIpc) is 2.94. The first-order chi connectivity index (χ1) is 11.8. The maximum Gasteiger partial charge on any atom is 0.339 e. The molecule has 2 aliphatic rings. The van der Waals surface area contributed by atoms with Gasteiger partial charge in [-0.1, -0.05) is 6.07 Å². The van der Waals surface area contributed by atoms with Gasteiger partial charge in [-0.05, 0) is 25.5 Å². The van der Waals surface area contributed by atoms with Crippen LogP contribution in [0.4, 0.5) is 14.6 Å². The smallest absolute Gasteiger partial charge is 0.339 e. The Kier molecular flexibility index (Phi) is 3.35. The van der Waals surface area contributed by atoms with Crippen LogP contribution in [0.2, 0.25) is 0 Å². The maximum absolute atomic E-state index is 13.3. The highest BCUT2D eigenvalue weighted by Gasteiger charge is 2.71. The Hall–Kier alpha value is -2.51. The molecule has 0 radical (unpaired) electrons. The number of carboxylic acid groups (broad SMARTS) is 1. The molecule has 6 nitrogen and oxygen atoms in total. The molecule has 25 heavy (non-hydrogen) atoms. The highest BCUT2D eigenvalue weighted by atomic mass is 19.3. The molecule has 2 fully saturated rings. The van der Waals surface area contributed by atoms with Gasteiger partial charge in [-0.3, -0.25) is 4.68 Å². The van der Waals surface area contributed by atoms with E-state index in [1.165, 1.54) is 6.20 Å². The minimum absolute atomic E-state index is 0.180. The van der Waals surface area contributed by atoms with Crippen LogP contribution in [0.1, 0.15) is 27.3 Å². The van der Waals surface area contributed by atoms with Gasteiger partial charge in [0.25, 0.3) is 5.92 Å². The molecule has 132 valence electrons. The number of anilines is 1. The Labute approximate surface area is 143 Å². The van der Waals surface area contributed by atoms with Crippen molar-refractivity contribution in [2.75, 3.05) is 18.0 Å². The molecule has 1 saturated carbocycles. The first-order valence-corrected chi connectivity index (χ1v) is 8.14. The number of alkyl halides is 2. The van der Waals surface area contributed by atoms with Gasteiger partial charge in [0.05, 0.1) is 24.1 Å². The third-order valence-corrected chi connectivity index (χ3v) is 5.21. The summed E-state index contributed by atoms with van der Waals surface area (Å²) >= 11 is 0. The highest BCUT2D eigenvalue weighted by molar-refractivity contribution is 5.88. The van der Waals surface area contributed by atoms with Crippen LogP contribution in [0.25, 0.3) is 0 Å². The number of carboxylic acids is 1. The predicted molar refractivity (Wildman–Crippen MR) is 86.1 cm³/mol. The van der Waals surface area contributed by atoms with Crippen LogP contribution in [0, 0.1) is 25.7 Å². The number of halogens is 2. The van der Waals surface area contributed by atoms with Crippen molar-refractivity contribution in [1.29, 1.82) is 0 Å². The number of nitrogens with zero attached hydrogens (tertiary/aromatic N) is 4. The Morgan fingerprint density at radius 1 is 1.28 bits per heavy atom. The quantitative estimate of drug-likeness (QED) is 0.918. The fourth-order valence-electron chi connectivity index (χ4n) is 3.60. The predicted octanol–water partition coefficient (Wildman–Crippen LogP) is 2.34. The molecule has 8 heteroatoms. The Bertz CT molecular complexity index is 850. The van der Waals surface area contributed by atoms with Gasteiger partial charge in [-0.2, -0.15) is 5.10 Å². The number of pyridine rings is 1. The SMILES string of the molecule is Cc1nc(N2CC3C(C2)C3(F)F)ccc1Cn1cc(C(=O)O)c(C)n1. The summed E-state index contributed by atoms with van der Waals surface area (Å²) in [5.74, 6) is -3.84. The number of carbonyl (C=O) groups is 1. The zero-order valence-corrected chi connectivity index (χ0v) is 13.9. The number of fused-ring (bicyclic) bond motifs is 1. The fraction of sp³-hybridized carbons (Fsp3) is 0.471. The summed E-state index contributed by atoms with van der Waals surface area (Å²) in [6.07, 6.45) is 1.50. The summed E-state index contributed by atoms with van der Waals surface area (Å²) in [6.45, 7) is 4.63. The summed E-state index contributed by atoms with van der Waals surface area (Å²) in [4.78, 5) is 17.5. The highest BCUT2D eigenvalue weighted by Crippen LogP contribution is 2.59. The van der Waals surface area contributed by atoms with Crippen molar-refractivity contribution in [3.8, 4) is 0 Å². The van der Waals surface area contributed by atoms with Crippen molar-refractivity contribution in [3.63, 3.8) is 0 Å². The Balaban J connectivity index is 1.49. The van der Waals surface area contributed by atoms with Gasteiger partial charge in [0.1, 0.15) is 11.4 Å². The molecule has 2 atom stereocenters. The second-order valence-electron chi connectivity index (χ2n) is 6.84. The molecule has 0 amide bonds. The topological polar surface area (TPSA) is 71.2 Å². The van der Waals surface area contributed by atoms with Crippen molar-refractivity contribution in [3.05, 3.63) is 40.8 Å². The van der Waals surface area contributed by atoms with Gasteiger partial charge in [-0.15, -0.1) is 0 Å². The third-order valence-electron chi connectivity index (χ3n) is 5.21. The number of hydrogen-bond acceptors (Lipinski definition) is 4. The first-order valence-electron chi connectivity index (χ1n) is 8.14. The van der Waals surface area contributed by atoms with Gasteiger partial charge in [0, 0.05) is 25.0 Å². The molecule has 1 aliphatic carbocycles. The van der Waals surface area contributed by atoms with Crippen LogP contribution in [-0.4, -0.2) is 44.9 Å². The van der Waals surface area contributed by atoms with Gasteiger partial charge in [0.15, 0.2) is 0 Å². The van der Waals surface area contributed by atoms with Crippen LogP contribution in [0.15, 0.2) is 18.3 Å². The third kappa shape index (κ3) is 2.56. The van der Waals surface area contributed by atoms with Gasteiger partial charge in [-0.25, -0.2) is 18.6 Å². The van der Waals surface area contributed by atoms with Gasteiger partial charge in [0.2, 0.25) is 0 Å². The Morgan fingerprint density at radius 2 is 1.96 bits per heavy atom. The molecule has 0 bridgehead atoms. The van der Waals surface area contributed by atoms with Crippen LogP contribution < -0.4 is 4.90 Å². The summed E-state index contributed by atoms with van der Waals surface area (Å²) in [5, 5.41) is 13.3. The van der Waals surface area contributed by atoms with E-state index in [1.54, 1.807) is 11.6 Å². The molecule has 1 aliphatic heterocycles. The average molecular weight is 348 g/mol. The second kappa shape index (κ2) is 5.24. The lowest BCUT2D eigenvalue weighted by Gasteiger charge is -2.21. The largest absolute Gasteiger partial charge is 0.478 e. The van der Waals surface area contributed by atoms with Crippen LogP contribution in [-0.2, 0) is 6.54 Å². The second-order valence-corrected chi connectivity index (χ2v) is 6.84. The molecule has 3 heterocycles. The minimum Gasteiger partial charge on any atom is -0.478 e. The fourth-order valence-corrected chi connectivity index (χ4v) is 3.60. The molecular formula is C17H18F2N4O2. The van der Waals surface area contributed by atoms with Crippen molar-refractivity contribution in [1.82, 2.24) is 14.8 Å². The van der Waals surface area contributed by atoms with E-state index in [0.717, 1.165) is 11.3 Å². The summed E-state index contributed by atoms with van der Waals surface area (Å²) < 4.78 is 28.2. The van der Waals surface area contributed by atoms with E-state index in [1.807, 2.05) is 24.0 Å². The maximum atomic E-state index is 13.3. The molecule has 0 aromatic carbocycles. The van der Waals surface area contributed by atoms with E-state index in [-0.39, 0.29) is 5.56 Å². The monoisotopic (exact) mass is 348 g/mol. The van der Waals surface area contributed by atoms with E-state index in [0.29, 0.717) is 31.1 Å². The zero-order valence-electron chi connectivity index (χ0n) is 13.9. The van der Waals surface area contributed by atoms with Crippen LogP contribution in [0.5, 0.6) is 0 Å². The number of aromatic carboxylic acids is 1. The molecule has 4 rings (SSSR count). The van der Waals surface area contributed by atoms with Crippen LogP contribution in [0.3, 0.4) is 0 Å². The van der Waals surface area contributed by atoms with Crippen molar-refractivity contribution in [2.45, 2.75) is 26.3 Å². The minimum atomic E-state index is -2.49. The Morgan fingerprint density at radius 3 is 2.52 bits per heavy atom. The van der Waals surface area contributed by atoms with Crippen LogP contribution >= 0.6 is 0 Å². The standard InChI is InChI=1S/C17H18F2N4O2/c1-9-11(5-23-6-12(16(24)25)10(2)21-23)3-4-15(20-9)22-7-13-14(8-22)17(13,18)19/h3-4,6,13-14H,5,7-8H2,1-2H3,(H,24,25). The number of aryl methyl sites for hydroxylation is 2. The van der Waals surface area contributed by atoms with Crippen molar-refractivity contribution in [2.24, 2.45) is 11.8 Å². The lowest BCUT2D eigenvalue weighted by atomic mass is 10.2. The van der Waals surface area contributed by atoms with Crippen molar-refractivity contribution >= 4 is 11.8 Å². The summed E-state index contributed by atoms with van der Waals surface area (Å²) in [7, 11) is 0. The normalized spacial score (nSPS) is 23.6. The van der Waals surface area contributed by atoms with E-state index in [4.69, 9.17) is 5.11 Å². The van der Waals surface area contributed by atoms with E-state index < -0.39 is 23.7 Å². The molecule has 0 spiro atoms. The van der Waals surface area contributed by atoms with E-state index in [9.17, 15) is 13.6 Å². The molecule has 2 aromatic rings. The number of hydrogen-bond donors (Lipinski definition) is 1. The zero-order chi connectivity index (χ0) is 17.9. The van der Waals surface area contributed by atoms with E-state index in [2.05, 4.69) is 10.1 Å². The number of rotatable bonds is 4. The summed E-state index contributed by atoms with van der Waals surface area (Å²) in [5.41, 5.74) is 2.35. The number of aromatic nitrogens is 3. The molecule has 1 saturated heterocycles. The van der Waals surface area contributed by atoms with Crippen molar-refractivity contribution < 1.29 is 18.7 Å². The number of piperidine rings is 1. The van der Waals surface area contributed by atoms with Gasteiger partial charge < -0.3 is 10.0 Å². The van der Waals surface area contributed by atoms with E-state index >= 15 is 0 Å². The lowest BCUT2D eigenvalue weighted by Crippen LogP contribution is -2.28. The lowest BCUT2D eigenvalue weighted by molar-refractivity contribution is 0.0695. The molecule has 1 N–H and O–H groups in total. The van der Waals surface area contributed by atoms with Gasteiger partial charge >= 0.3 is 5.97 Å². The molecule has 2 unspecified atom stereocenters.